The second kappa shape index (κ2) is 12.6. The Kier molecular flexibility index (Phi) is 12.5. The molecule has 0 fully saturated rings. The lowest BCUT2D eigenvalue weighted by Gasteiger charge is -2.12. The number of hydrogen-bond acceptors (Lipinski definition) is 3. The van der Waals surface area contributed by atoms with Gasteiger partial charge in [-0.3, -0.25) is 4.99 Å². The number of thioether (sulfide) groups is 1. The molecule has 0 radical (unpaired) electrons. The maximum absolute atomic E-state index is 5.61. The minimum atomic E-state index is 0. The fourth-order valence-electron chi connectivity index (χ4n) is 1.36. The van der Waals surface area contributed by atoms with Crippen molar-refractivity contribution in [1.82, 2.24) is 10.6 Å². The number of nitrogens with zero attached hydrogens (tertiary/aromatic N) is 1. The molecule has 0 spiro atoms. The highest BCUT2D eigenvalue weighted by Crippen LogP contribution is 2.15. The van der Waals surface area contributed by atoms with Gasteiger partial charge in [0.1, 0.15) is 12.4 Å². The molecule has 1 rings (SSSR count). The van der Waals surface area contributed by atoms with Crippen molar-refractivity contribution in [2.75, 3.05) is 38.8 Å². The number of hydrogen-bond donors (Lipinski definition) is 2. The van der Waals surface area contributed by atoms with Crippen LogP contribution in [-0.4, -0.2) is 44.7 Å². The van der Waals surface area contributed by atoms with Crippen molar-refractivity contribution in [3.05, 3.63) is 28.7 Å². The van der Waals surface area contributed by atoms with Crippen LogP contribution in [-0.2, 0) is 0 Å². The maximum Gasteiger partial charge on any atom is 0.191 e. The van der Waals surface area contributed by atoms with E-state index in [4.69, 9.17) is 4.74 Å². The molecule has 1 aromatic carbocycles. The summed E-state index contributed by atoms with van der Waals surface area (Å²) in [7, 11) is 1.77. The van der Waals surface area contributed by atoms with Crippen molar-refractivity contribution in [2.24, 2.45) is 4.99 Å². The molecular formula is C13H21BrIN3OS. The van der Waals surface area contributed by atoms with Gasteiger partial charge in [-0.15, -0.1) is 24.0 Å². The fraction of sp³-hybridized carbons (Fsp3) is 0.462. The highest BCUT2D eigenvalue weighted by molar-refractivity contribution is 14.0. The highest BCUT2D eigenvalue weighted by Gasteiger charge is 1.97. The van der Waals surface area contributed by atoms with Crippen LogP contribution in [0.4, 0.5) is 0 Å². The predicted molar refractivity (Wildman–Crippen MR) is 103 cm³/mol. The van der Waals surface area contributed by atoms with Gasteiger partial charge in [0.2, 0.25) is 0 Å². The summed E-state index contributed by atoms with van der Waals surface area (Å²) in [6.45, 7) is 2.23. The first-order valence-corrected chi connectivity index (χ1v) is 8.26. The van der Waals surface area contributed by atoms with Crippen LogP contribution in [0.25, 0.3) is 0 Å². The number of benzene rings is 1. The molecule has 0 saturated heterocycles. The third-order valence-electron chi connectivity index (χ3n) is 2.30. The highest BCUT2D eigenvalue weighted by atomic mass is 127. The van der Waals surface area contributed by atoms with Crippen molar-refractivity contribution in [3.63, 3.8) is 0 Å². The molecule has 114 valence electrons. The number of halogens is 2. The van der Waals surface area contributed by atoms with E-state index in [1.165, 1.54) is 0 Å². The minimum Gasteiger partial charge on any atom is -0.492 e. The quantitative estimate of drug-likeness (QED) is 0.276. The Bertz CT molecular complexity index is 390. The molecule has 20 heavy (non-hydrogen) atoms. The van der Waals surface area contributed by atoms with Gasteiger partial charge in [-0.1, -0.05) is 15.9 Å². The summed E-state index contributed by atoms with van der Waals surface area (Å²) >= 11 is 5.20. The van der Waals surface area contributed by atoms with Crippen LogP contribution < -0.4 is 15.4 Å². The van der Waals surface area contributed by atoms with Crippen LogP contribution in [0.2, 0.25) is 0 Å². The van der Waals surface area contributed by atoms with Crippen molar-refractivity contribution in [1.29, 1.82) is 0 Å². The normalized spacial score (nSPS) is 10.7. The summed E-state index contributed by atoms with van der Waals surface area (Å²) in [5.74, 6) is 2.75. The van der Waals surface area contributed by atoms with E-state index >= 15 is 0 Å². The van der Waals surface area contributed by atoms with Crippen molar-refractivity contribution in [3.8, 4) is 5.75 Å². The first kappa shape index (κ1) is 19.9. The van der Waals surface area contributed by atoms with Crippen molar-refractivity contribution in [2.45, 2.75) is 0 Å². The summed E-state index contributed by atoms with van der Waals surface area (Å²) in [6, 6.07) is 7.81. The second-order valence-corrected chi connectivity index (χ2v) is 5.62. The number of aliphatic imine (C=N–C) groups is 1. The van der Waals surface area contributed by atoms with E-state index in [1.807, 2.05) is 36.0 Å². The molecule has 0 aliphatic carbocycles. The van der Waals surface area contributed by atoms with Gasteiger partial charge in [-0.05, 0) is 30.5 Å². The molecule has 0 saturated carbocycles. The summed E-state index contributed by atoms with van der Waals surface area (Å²) in [4.78, 5) is 4.14. The van der Waals surface area contributed by atoms with Crippen molar-refractivity contribution >= 4 is 57.6 Å². The third kappa shape index (κ3) is 8.91. The molecule has 2 N–H and O–H groups in total. The molecule has 0 aliphatic rings. The zero-order chi connectivity index (χ0) is 13.9. The zero-order valence-corrected chi connectivity index (χ0v) is 16.4. The molecular weight excluding hydrogens is 453 g/mol. The van der Waals surface area contributed by atoms with Crippen molar-refractivity contribution < 1.29 is 4.74 Å². The third-order valence-corrected chi connectivity index (χ3v) is 3.44. The lowest BCUT2D eigenvalue weighted by Crippen LogP contribution is -2.40. The van der Waals surface area contributed by atoms with E-state index in [1.54, 1.807) is 7.05 Å². The fourth-order valence-corrected chi connectivity index (χ4v) is 1.93. The van der Waals surface area contributed by atoms with E-state index < -0.39 is 0 Å². The standard InChI is InChI=1S/C13H20BrN3OS.HI/c1-15-13(17-8-10-19-2)16-7-9-18-12-5-3-11(14)4-6-12;/h3-6H,7-10H2,1-2H3,(H2,15,16,17);1H. The van der Waals surface area contributed by atoms with Gasteiger partial charge in [0, 0.05) is 23.8 Å². The molecule has 0 aromatic heterocycles. The lowest BCUT2D eigenvalue weighted by atomic mass is 10.3. The summed E-state index contributed by atoms with van der Waals surface area (Å²) < 4.78 is 6.66. The molecule has 4 nitrogen and oxygen atoms in total. The molecule has 0 aliphatic heterocycles. The summed E-state index contributed by atoms with van der Waals surface area (Å²) in [6.07, 6.45) is 2.09. The Morgan fingerprint density at radius 2 is 1.90 bits per heavy atom. The van der Waals surface area contributed by atoms with Crippen LogP contribution in [0.5, 0.6) is 5.75 Å². The van der Waals surface area contributed by atoms with E-state index in [-0.39, 0.29) is 24.0 Å². The van der Waals surface area contributed by atoms with Crippen LogP contribution in [0.15, 0.2) is 33.7 Å². The van der Waals surface area contributed by atoms with E-state index in [0.29, 0.717) is 6.61 Å². The molecule has 0 atom stereocenters. The van der Waals surface area contributed by atoms with Crippen LogP contribution in [0.3, 0.4) is 0 Å². The van der Waals surface area contributed by atoms with Crippen LogP contribution in [0.1, 0.15) is 0 Å². The van der Waals surface area contributed by atoms with Gasteiger partial charge >= 0.3 is 0 Å². The predicted octanol–water partition coefficient (Wildman–Crippen LogP) is 2.97. The summed E-state index contributed by atoms with van der Waals surface area (Å²) in [5.41, 5.74) is 0. The number of ether oxygens (including phenoxy) is 1. The number of nitrogens with one attached hydrogen (secondary N) is 2. The van der Waals surface area contributed by atoms with Gasteiger partial charge in [-0.25, -0.2) is 0 Å². The lowest BCUT2D eigenvalue weighted by molar-refractivity contribution is 0.322. The largest absolute Gasteiger partial charge is 0.492 e. The zero-order valence-electron chi connectivity index (χ0n) is 11.7. The van der Waals surface area contributed by atoms with E-state index in [0.717, 1.165) is 35.0 Å². The molecule has 1 aromatic rings. The average molecular weight is 474 g/mol. The molecule has 0 heterocycles. The van der Waals surface area contributed by atoms with Gasteiger partial charge in [0.05, 0.1) is 6.54 Å². The Labute approximate surface area is 150 Å². The molecule has 7 heteroatoms. The van der Waals surface area contributed by atoms with Crippen LogP contribution in [0, 0.1) is 0 Å². The topological polar surface area (TPSA) is 45.7 Å². The first-order valence-electron chi connectivity index (χ1n) is 6.08. The van der Waals surface area contributed by atoms with Gasteiger partial charge in [0.25, 0.3) is 0 Å². The Morgan fingerprint density at radius 3 is 2.50 bits per heavy atom. The van der Waals surface area contributed by atoms with Crippen LogP contribution >= 0.6 is 51.7 Å². The van der Waals surface area contributed by atoms with Gasteiger partial charge in [-0.2, -0.15) is 11.8 Å². The van der Waals surface area contributed by atoms with E-state index in [2.05, 4.69) is 37.8 Å². The Balaban J connectivity index is 0.00000361. The second-order valence-electron chi connectivity index (χ2n) is 3.72. The molecule has 0 bridgehead atoms. The van der Waals surface area contributed by atoms with Gasteiger partial charge < -0.3 is 15.4 Å². The Morgan fingerprint density at radius 1 is 1.25 bits per heavy atom. The SMILES string of the molecule is CN=C(NCCOc1ccc(Br)cc1)NCCSC.I. The summed E-state index contributed by atoms with van der Waals surface area (Å²) in [5, 5.41) is 6.44. The van der Waals surface area contributed by atoms with E-state index in [9.17, 15) is 0 Å². The first-order chi connectivity index (χ1) is 9.26. The smallest absolute Gasteiger partial charge is 0.191 e. The minimum absolute atomic E-state index is 0. The average Bonchev–Trinajstić information content (AvgIpc) is 2.43. The Hall–Kier alpha value is -0.150. The monoisotopic (exact) mass is 473 g/mol. The number of rotatable bonds is 7. The maximum atomic E-state index is 5.61. The molecule has 0 amide bonds. The van der Waals surface area contributed by atoms with Gasteiger partial charge in [0.15, 0.2) is 5.96 Å². The number of guanidine groups is 1. The molecule has 0 unspecified atom stereocenters.